The van der Waals surface area contributed by atoms with Crippen molar-refractivity contribution in [2.75, 3.05) is 13.2 Å². The first kappa shape index (κ1) is 74.8. The number of amides is 1. The van der Waals surface area contributed by atoms with Crippen LogP contribution < -0.4 is 5.32 Å². The van der Waals surface area contributed by atoms with Gasteiger partial charge in [-0.05, 0) is 77.0 Å². The zero-order valence-electron chi connectivity index (χ0n) is 51.7. The molecule has 0 saturated carbocycles. The molecule has 0 aromatic rings. The number of aliphatic hydroxyl groups excluding tert-OH is 2. The lowest BCUT2D eigenvalue weighted by molar-refractivity contribution is -0.143. The van der Waals surface area contributed by atoms with Crippen LogP contribution in [0.1, 0.15) is 367 Å². The Morgan fingerprint density at radius 2 is 0.649 bits per heavy atom. The summed E-state index contributed by atoms with van der Waals surface area (Å²) in [5, 5.41) is 23.3. The summed E-state index contributed by atoms with van der Waals surface area (Å²) in [7, 11) is 0. The number of carbonyl (C=O) groups is 2. The maximum absolute atomic E-state index is 12.5. The van der Waals surface area contributed by atoms with E-state index >= 15 is 0 Å². The van der Waals surface area contributed by atoms with Crippen LogP contribution in [0.3, 0.4) is 0 Å². The van der Waals surface area contributed by atoms with Crippen LogP contribution in [0.25, 0.3) is 0 Å². The molecule has 2 atom stereocenters. The molecule has 0 bridgehead atoms. The van der Waals surface area contributed by atoms with Crippen molar-refractivity contribution in [3.63, 3.8) is 0 Å². The average molecular weight is 1080 g/mol. The molecule has 6 heteroatoms. The third-order valence-electron chi connectivity index (χ3n) is 15.8. The van der Waals surface area contributed by atoms with Crippen LogP contribution in [0.15, 0.2) is 48.6 Å². The first-order valence-electron chi connectivity index (χ1n) is 34.4. The second kappa shape index (κ2) is 66.3. The third kappa shape index (κ3) is 62.9. The monoisotopic (exact) mass is 1080 g/mol. The lowest BCUT2D eigenvalue weighted by atomic mass is 10.0. The molecule has 2 unspecified atom stereocenters. The number of esters is 1. The quantitative estimate of drug-likeness (QED) is 0.0320. The van der Waals surface area contributed by atoms with Crippen molar-refractivity contribution >= 4 is 11.9 Å². The van der Waals surface area contributed by atoms with Gasteiger partial charge in [-0.3, -0.25) is 9.59 Å². The first-order chi connectivity index (χ1) is 38.0. The van der Waals surface area contributed by atoms with E-state index in [1.165, 1.54) is 289 Å². The molecule has 0 heterocycles. The van der Waals surface area contributed by atoms with E-state index in [2.05, 4.69) is 55.6 Å². The van der Waals surface area contributed by atoms with E-state index in [1.807, 2.05) is 6.08 Å². The molecule has 0 radical (unpaired) electrons. The Balaban J connectivity index is 3.48. The van der Waals surface area contributed by atoms with Gasteiger partial charge >= 0.3 is 5.97 Å². The number of ether oxygens (including phenoxy) is 1. The summed E-state index contributed by atoms with van der Waals surface area (Å²) >= 11 is 0. The smallest absolute Gasteiger partial charge is 0.305 e. The predicted molar refractivity (Wildman–Crippen MR) is 338 cm³/mol. The molecule has 0 spiro atoms. The maximum Gasteiger partial charge on any atom is 0.305 e. The minimum absolute atomic E-state index is 0.0429. The normalized spacial score (nSPS) is 12.8. The average Bonchev–Trinajstić information content (AvgIpc) is 3.43. The Hall–Kier alpha value is -2.18. The van der Waals surface area contributed by atoms with Crippen LogP contribution in [-0.2, 0) is 14.3 Å². The highest BCUT2D eigenvalue weighted by Gasteiger charge is 2.18. The Morgan fingerprint density at radius 1 is 0.364 bits per heavy atom. The summed E-state index contributed by atoms with van der Waals surface area (Å²) in [4.78, 5) is 24.6. The fourth-order valence-electron chi connectivity index (χ4n) is 10.6. The van der Waals surface area contributed by atoms with Crippen molar-refractivity contribution in [1.82, 2.24) is 5.32 Å². The zero-order chi connectivity index (χ0) is 55.7. The topological polar surface area (TPSA) is 95.9 Å². The summed E-state index contributed by atoms with van der Waals surface area (Å²) in [6.07, 6.45) is 86.2. The molecule has 0 aliphatic carbocycles. The van der Waals surface area contributed by atoms with Crippen LogP contribution in [0.4, 0.5) is 0 Å². The molecule has 0 aromatic heterocycles. The number of hydrogen-bond donors (Lipinski definition) is 3. The first-order valence-corrected chi connectivity index (χ1v) is 34.4. The van der Waals surface area contributed by atoms with Gasteiger partial charge in [0.25, 0.3) is 0 Å². The minimum atomic E-state index is -0.850. The van der Waals surface area contributed by atoms with Gasteiger partial charge in [-0.1, -0.05) is 326 Å². The number of aliphatic hydroxyl groups is 2. The van der Waals surface area contributed by atoms with E-state index in [-0.39, 0.29) is 18.5 Å². The van der Waals surface area contributed by atoms with Gasteiger partial charge in [0.05, 0.1) is 25.4 Å². The van der Waals surface area contributed by atoms with Crippen LogP contribution >= 0.6 is 0 Å². The van der Waals surface area contributed by atoms with Crippen molar-refractivity contribution < 1.29 is 24.5 Å². The Labute approximate surface area is 480 Å². The number of nitrogens with one attached hydrogen (secondary N) is 1. The second-order valence-corrected chi connectivity index (χ2v) is 23.5. The van der Waals surface area contributed by atoms with Gasteiger partial charge in [-0.25, -0.2) is 0 Å². The Morgan fingerprint density at radius 3 is 1.00 bits per heavy atom. The summed E-state index contributed by atoms with van der Waals surface area (Å²) in [5.41, 5.74) is 0. The van der Waals surface area contributed by atoms with Gasteiger partial charge in [0.15, 0.2) is 0 Å². The zero-order valence-corrected chi connectivity index (χ0v) is 51.7. The molecule has 77 heavy (non-hydrogen) atoms. The maximum atomic E-state index is 12.5. The van der Waals surface area contributed by atoms with E-state index in [4.69, 9.17) is 4.74 Å². The summed E-state index contributed by atoms with van der Waals surface area (Å²) in [6, 6.07) is -0.634. The minimum Gasteiger partial charge on any atom is -0.465 e. The Bertz CT molecular complexity index is 1290. The van der Waals surface area contributed by atoms with Gasteiger partial charge in [0.2, 0.25) is 5.91 Å². The second-order valence-electron chi connectivity index (χ2n) is 23.5. The van der Waals surface area contributed by atoms with Crippen molar-refractivity contribution in [3.05, 3.63) is 48.6 Å². The molecule has 0 aromatic carbocycles. The number of carbonyl (C=O) groups excluding carboxylic acids is 2. The number of unbranched alkanes of at least 4 members (excludes halogenated alkanes) is 47. The van der Waals surface area contributed by atoms with Gasteiger partial charge in [0.1, 0.15) is 0 Å². The highest BCUT2D eigenvalue weighted by atomic mass is 16.5. The van der Waals surface area contributed by atoms with Crippen LogP contribution in [0.5, 0.6) is 0 Å². The van der Waals surface area contributed by atoms with E-state index in [0.29, 0.717) is 19.4 Å². The third-order valence-corrected chi connectivity index (χ3v) is 15.8. The lowest BCUT2D eigenvalue weighted by Gasteiger charge is -2.20. The highest BCUT2D eigenvalue weighted by Crippen LogP contribution is 2.18. The number of rotatable bonds is 64. The standard InChI is InChI=1S/C71H133NO5/c1-3-5-7-9-11-13-15-17-19-21-22-23-24-26-29-32-35-39-43-47-51-55-59-63-69(74)68(67-73)72-70(75)64-60-56-52-48-44-40-36-33-30-27-25-28-31-34-38-42-46-50-54-58-62-66-77-71(76)65-61-57-53-49-45-41-37-20-18-16-14-12-10-8-6-4-2/h20,37,42,46,54,58-59,63,68-69,73-74H,3-19,21-36,38-41,43-45,47-53,55-57,60-62,64-67H2,1-2H3,(H,72,75)/b37-20-,46-42-,58-54-,63-59+. The number of hydrogen-bond acceptors (Lipinski definition) is 5. The molecular formula is C71H133NO5. The highest BCUT2D eigenvalue weighted by molar-refractivity contribution is 5.76. The molecule has 0 aliphatic heterocycles. The molecule has 0 saturated heterocycles. The fraction of sp³-hybridized carbons (Fsp3) is 0.859. The molecule has 6 nitrogen and oxygen atoms in total. The molecule has 452 valence electrons. The van der Waals surface area contributed by atoms with Crippen LogP contribution in [-0.4, -0.2) is 47.4 Å². The van der Waals surface area contributed by atoms with E-state index < -0.39 is 12.1 Å². The predicted octanol–water partition coefficient (Wildman–Crippen LogP) is 22.1. The van der Waals surface area contributed by atoms with Crippen LogP contribution in [0, 0.1) is 0 Å². The van der Waals surface area contributed by atoms with Crippen molar-refractivity contribution in [1.29, 1.82) is 0 Å². The molecule has 0 fully saturated rings. The largest absolute Gasteiger partial charge is 0.465 e. The van der Waals surface area contributed by atoms with Crippen molar-refractivity contribution in [2.24, 2.45) is 0 Å². The van der Waals surface area contributed by atoms with Gasteiger partial charge in [0, 0.05) is 12.8 Å². The summed E-state index contributed by atoms with van der Waals surface area (Å²) in [6.45, 7) is 4.81. The van der Waals surface area contributed by atoms with E-state index in [9.17, 15) is 19.8 Å². The summed E-state index contributed by atoms with van der Waals surface area (Å²) in [5.74, 6) is -0.113. The van der Waals surface area contributed by atoms with E-state index in [1.54, 1.807) is 6.08 Å². The van der Waals surface area contributed by atoms with Crippen molar-refractivity contribution in [2.45, 2.75) is 379 Å². The molecule has 1 amide bonds. The fourth-order valence-corrected chi connectivity index (χ4v) is 10.6. The van der Waals surface area contributed by atoms with Gasteiger partial charge in [-0.15, -0.1) is 0 Å². The van der Waals surface area contributed by atoms with E-state index in [0.717, 1.165) is 51.4 Å². The molecule has 3 N–H and O–H groups in total. The Kier molecular flexibility index (Phi) is 64.5. The lowest BCUT2D eigenvalue weighted by Crippen LogP contribution is -2.45. The molecular weight excluding hydrogens is 947 g/mol. The number of allylic oxidation sites excluding steroid dienone is 6. The van der Waals surface area contributed by atoms with Crippen molar-refractivity contribution in [3.8, 4) is 0 Å². The van der Waals surface area contributed by atoms with Crippen LogP contribution in [0.2, 0.25) is 0 Å². The SMILES string of the molecule is CCCCCCCCC/C=C\CCCCCCCC(=O)OCC/C=C\C/C=C\CCCCCCCCCCCCCCCCC(=O)NC(CO)C(O)/C=C/CCCCCCCCCCCCCCCCCCCCCCC. The summed E-state index contributed by atoms with van der Waals surface area (Å²) < 4.78 is 5.42. The molecule has 0 aliphatic rings. The van der Waals surface area contributed by atoms with Gasteiger partial charge in [-0.2, -0.15) is 0 Å². The van der Waals surface area contributed by atoms with Gasteiger partial charge < -0.3 is 20.3 Å². The molecule has 0 rings (SSSR count).